The van der Waals surface area contributed by atoms with E-state index >= 15 is 0 Å². The zero-order valence-electron chi connectivity index (χ0n) is 9.87. The Hall–Kier alpha value is -1.39. The minimum Gasteiger partial charge on any atom is -0.366 e. The maximum atomic E-state index is 5.99. The number of nitrogens with zero attached hydrogens (tertiary/aromatic N) is 2. The largest absolute Gasteiger partial charge is 0.366 e. The fourth-order valence-electron chi connectivity index (χ4n) is 1.51. The van der Waals surface area contributed by atoms with Crippen LogP contribution < -0.4 is 11.1 Å². The Labute approximate surface area is 105 Å². The summed E-state index contributed by atoms with van der Waals surface area (Å²) >= 11 is 5.99. The molecular formula is C12H15ClN4. The highest BCUT2D eigenvalue weighted by Gasteiger charge is 2.12. The molecule has 0 radical (unpaired) electrons. The number of aromatic nitrogens is 2. The van der Waals surface area contributed by atoms with Crippen molar-refractivity contribution in [1.82, 2.24) is 10.2 Å². The smallest absolute Gasteiger partial charge is 0.159 e. The van der Waals surface area contributed by atoms with E-state index in [0.717, 1.165) is 10.8 Å². The Balaban J connectivity index is 2.38. The third kappa shape index (κ3) is 2.84. The van der Waals surface area contributed by atoms with E-state index in [9.17, 15) is 0 Å². The Kier molecular flexibility index (Phi) is 3.17. The van der Waals surface area contributed by atoms with Crippen molar-refractivity contribution in [3.63, 3.8) is 0 Å². The minimum absolute atomic E-state index is 0.303. The molecule has 2 rings (SSSR count). The summed E-state index contributed by atoms with van der Waals surface area (Å²) in [7, 11) is 0. The Bertz CT molecular complexity index is 534. The number of hydrogen-bond acceptors (Lipinski definition) is 4. The van der Waals surface area contributed by atoms with E-state index in [-0.39, 0.29) is 5.54 Å². The second-order valence-corrected chi connectivity index (χ2v) is 5.09. The van der Waals surface area contributed by atoms with Gasteiger partial charge in [-0.15, -0.1) is 10.2 Å². The lowest BCUT2D eigenvalue weighted by molar-refractivity contribution is 0.548. The normalized spacial score (nSPS) is 11.8. The summed E-state index contributed by atoms with van der Waals surface area (Å²) < 4.78 is 0. The summed E-state index contributed by atoms with van der Waals surface area (Å²) in [6, 6.07) is 7.75. The number of fused-ring (bicyclic) bond motifs is 1. The molecule has 0 spiro atoms. The lowest BCUT2D eigenvalue weighted by atomic mass is 10.1. The monoisotopic (exact) mass is 250 g/mol. The fraction of sp³-hybridized carbons (Fsp3) is 0.333. The van der Waals surface area contributed by atoms with Crippen molar-refractivity contribution in [3.8, 4) is 0 Å². The molecule has 0 amide bonds. The molecule has 0 atom stereocenters. The summed E-state index contributed by atoms with van der Waals surface area (Å²) in [6.45, 7) is 4.52. The van der Waals surface area contributed by atoms with Gasteiger partial charge >= 0.3 is 0 Å². The number of hydrogen-bond donors (Lipinski definition) is 2. The van der Waals surface area contributed by atoms with Crippen LogP contribution in [0.15, 0.2) is 24.3 Å². The molecule has 0 aliphatic rings. The van der Waals surface area contributed by atoms with Gasteiger partial charge in [0.15, 0.2) is 11.0 Å². The molecule has 0 saturated heterocycles. The second-order valence-electron chi connectivity index (χ2n) is 4.73. The molecular weight excluding hydrogens is 236 g/mol. The maximum Gasteiger partial charge on any atom is 0.159 e. The van der Waals surface area contributed by atoms with Crippen molar-refractivity contribution >= 4 is 28.2 Å². The Morgan fingerprint density at radius 2 is 1.88 bits per heavy atom. The third-order valence-electron chi connectivity index (χ3n) is 2.35. The van der Waals surface area contributed by atoms with Gasteiger partial charge in [0.25, 0.3) is 0 Å². The van der Waals surface area contributed by atoms with E-state index in [2.05, 4.69) is 15.5 Å². The van der Waals surface area contributed by atoms with Gasteiger partial charge in [-0.3, -0.25) is 0 Å². The highest BCUT2D eigenvalue weighted by molar-refractivity contribution is 6.34. The molecule has 5 heteroatoms. The molecule has 0 bridgehead atoms. The van der Waals surface area contributed by atoms with Gasteiger partial charge in [0, 0.05) is 22.9 Å². The topological polar surface area (TPSA) is 63.8 Å². The molecule has 4 nitrogen and oxygen atoms in total. The molecule has 0 aliphatic carbocycles. The van der Waals surface area contributed by atoms with E-state index in [1.165, 1.54) is 0 Å². The van der Waals surface area contributed by atoms with E-state index in [4.69, 9.17) is 17.3 Å². The molecule has 0 aliphatic heterocycles. The van der Waals surface area contributed by atoms with E-state index < -0.39 is 0 Å². The summed E-state index contributed by atoms with van der Waals surface area (Å²) in [4.78, 5) is 0. The lowest BCUT2D eigenvalue weighted by Gasteiger charge is -2.19. The minimum atomic E-state index is -0.303. The van der Waals surface area contributed by atoms with Gasteiger partial charge in [-0.1, -0.05) is 35.9 Å². The highest BCUT2D eigenvalue weighted by atomic mass is 35.5. The zero-order chi connectivity index (χ0) is 12.5. The van der Waals surface area contributed by atoms with Crippen LogP contribution in [0.3, 0.4) is 0 Å². The number of benzene rings is 1. The Morgan fingerprint density at radius 1 is 1.24 bits per heavy atom. The van der Waals surface area contributed by atoms with Crippen LogP contribution >= 0.6 is 11.6 Å². The quantitative estimate of drug-likeness (QED) is 0.878. The fourth-order valence-corrected chi connectivity index (χ4v) is 1.72. The molecule has 1 aromatic carbocycles. The number of halogens is 1. The van der Waals surface area contributed by atoms with E-state index in [0.29, 0.717) is 17.5 Å². The van der Waals surface area contributed by atoms with Gasteiger partial charge in [-0.2, -0.15) is 0 Å². The molecule has 1 heterocycles. The highest BCUT2D eigenvalue weighted by Crippen LogP contribution is 2.25. The number of anilines is 1. The molecule has 2 aromatic rings. The average Bonchev–Trinajstić information content (AvgIpc) is 2.27. The summed E-state index contributed by atoms with van der Waals surface area (Å²) in [5.74, 6) is 0.712. The van der Waals surface area contributed by atoms with E-state index in [1.807, 2.05) is 38.1 Å². The van der Waals surface area contributed by atoms with Crippen molar-refractivity contribution < 1.29 is 0 Å². The van der Waals surface area contributed by atoms with Crippen LogP contribution in [0.2, 0.25) is 5.15 Å². The lowest BCUT2D eigenvalue weighted by Crippen LogP contribution is -2.39. The first kappa shape index (κ1) is 12.1. The van der Waals surface area contributed by atoms with Crippen molar-refractivity contribution in [2.75, 3.05) is 11.9 Å². The standard InChI is InChI=1S/C12H15ClN4/c1-12(2,14)7-15-11-9-6-4-3-5-8(9)10(13)16-17-11/h3-6H,7,14H2,1-2H3,(H,15,17). The van der Waals surface area contributed by atoms with Gasteiger partial charge in [-0.05, 0) is 13.8 Å². The van der Waals surface area contributed by atoms with Crippen LogP contribution in [0.1, 0.15) is 13.8 Å². The van der Waals surface area contributed by atoms with Gasteiger partial charge in [0.05, 0.1) is 0 Å². The number of nitrogens with two attached hydrogens (primary N) is 1. The summed E-state index contributed by atoms with van der Waals surface area (Å²) in [5, 5.41) is 13.4. The van der Waals surface area contributed by atoms with Crippen molar-refractivity contribution in [2.24, 2.45) is 5.73 Å². The van der Waals surface area contributed by atoms with Crippen molar-refractivity contribution in [3.05, 3.63) is 29.4 Å². The van der Waals surface area contributed by atoms with E-state index in [1.54, 1.807) is 0 Å². The molecule has 0 unspecified atom stereocenters. The summed E-state index contributed by atoms with van der Waals surface area (Å²) in [5.41, 5.74) is 5.62. The van der Waals surface area contributed by atoms with Crippen LogP contribution in [0.5, 0.6) is 0 Å². The van der Waals surface area contributed by atoms with Crippen LogP contribution in [0, 0.1) is 0 Å². The molecule has 0 fully saturated rings. The average molecular weight is 251 g/mol. The first-order valence-electron chi connectivity index (χ1n) is 5.41. The Morgan fingerprint density at radius 3 is 2.53 bits per heavy atom. The van der Waals surface area contributed by atoms with Crippen molar-refractivity contribution in [2.45, 2.75) is 19.4 Å². The number of rotatable bonds is 3. The van der Waals surface area contributed by atoms with Gasteiger partial charge < -0.3 is 11.1 Å². The second kappa shape index (κ2) is 4.47. The zero-order valence-corrected chi connectivity index (χ0v) is 10.6. The summed E-state index contributed by atoms with van der Waals surface area (Å²) in [6.07, 6.45) is 0. The van der Waals surface area contributed by atoms with Gasteiger partial charge in [-0.25, -0.2) is 0 Å². The molecule has 3 N–H and O–H groups in total. The molecule has 17 heavy (non-hydrogen) atoms. The predicted molar refractivity (Wildman–Crippen MR) is 71.3 cm³/mol. The van der Waals surface area contributed by atoms with Crippen molar-refractivity contribution in [1.29, 1.82) is 0 Å². The van der Waals surface area contributed by atoms with Crippen LogP contribution in [-0.4, -0.2) is 22.3 Å². The first-order valence-corrected chi connectivity index (χ1v) is 5.79. The number of nitrogens with one attached hydrogen (secondary N) is 1. The van der Waals surface area contributed by atoms with Crippen LogP contribution in [0.4, 0.5) is 5.82 Å². The first-order chi connectivity index (χ1) is 7.97. The SMILES string of the molecule is CC(C)(N)CNc1nnc(Cl)c2ccccc12. The predicted octanol–water partition coefficient (Wildman–Crippen LogP) is 2.43. The molecule has 1 aromatic heterocycles. The molecule has 0 saturated carbocycles. The third-order valence-corrected chi connectivity index (χ3v) is 2.63. The maximum absolute atomic E-state index is 5.99. The van der Waals surface area contributed by atoms with Crippen LogP contribution in [0.25, 0.3) is 10.8 Å². The van der Waals surface area contributed by atoms with Gasteiger partial charge in [0.1, 0.15) is 0 Å². The molecule has 90 valence electrons. The van der Waals surface area contributed by atoms with Crippen LogP contribution in [-0.2, 0) is 0 Å². The van der Waals surface area contributed by atoms with Gasteiger partial charge in [0.2, 0.25) is 0 Å².